The van der Waals surface area contributed by atoms with E-state index in [2.05, 4.69) is 75.6 Å². The van der Waals surface area contributed by atoms with E-state index >= 15 is 0 Å². The van der Waals surface area contributed by atoms with Gasteiger partial charge in [-0.15, -0.1) is 0 Å². The third kappa shape index (κ3) is 7.86. The largest absolute Gasteiger partial charge is 0.495 e. The van der Waals surface area contributed by atoms with Gasteiger partial charge in [-0.2, -0.15) is 0 Å². The van der Waals surface area contributed by atoms with Crippen molar-refractivity contribution in [3.8, 4) is 11.5 Å². The molecule has 1 unspecified atom stereocenters. The number of piperazine rings is 1. The van der Waals surface area contributed by atoms with Crippen molar-refractivity contribution in [2.45, 2.75) is 58.5 Å². The first-order valence-electron chi connectivity index (χ1n) is 13.1. The molecule has 1 N–H and O–H groups in total. The molecular weight excluding hydrogens is 452 g/mol. The lowest BCUT2D eigenvalue weighted by molar-refractivity contribution is 0.00704. The Bertz CT molecular complexity index is 956. The summed E-state index contributed by atoms with van der Waals surface area (Å²) in [5, 5.41) is 10.5. The Labute approximate surface area is 218 Å². The Morgan fingerprint density at radius 1 is 0.861 bits per heavy atom. The molecule has 0 aliphatic carbocycles. The Balaban J connectivity index is 1.39. The summed E-state index contributed by atoms with van der Waals surface area (Å²) in [6, 6.07) is 14.6. The summed E-state index contributed by atoms with van der Waals surface area (Å²) in [5.74, 6) is 1.81. The second-order valence-electron chi connectivity index (χ2n) is 11.7. The van der Waals surface area contributed by atoms with Gasteiger partial charge in [0.2, 0.25) is 0 Å². The van der Waals surface area contributed by atoms with Gasteiger partial charge in [0.25, 0.3) is 0 Å². The molecule has 1 aliphatic rings. The fourth-order valence-corrected chi connectivity index (χ4v) is 4.55. The number of anilines is 1. The number of hydrogen-bond donors (Lipinski definition) is 1. The lowest BCUT2D eigenvalue weighted by atomic mass is 9.80. The lowest BCUT2D eigenvalue weighted by Gasteiger charge is -2.37. The summed E-state index contributed by atoms with van der Waals surface area (Å²) in [6.45, 7) is 18.8. The Morgan fingerprint density at radius 3 is 2.19 bits per heavy atom. The van der Waals surface area contributed by atoms with Gasteiger partial charge >= 0.3 is 0 Å². The van der Waals surface area contributed by atoms with E-state index in [9.17, 15) is 5.11 Å². The molecule has 2 aromatic rings. The van der Waals surface area contributed by atoms with E-state index < -0.39 is 6.10 Å². The van der Waals surface area contributed by atoms with Crippen LogP contribution in [0, 0.1) is 0 Å². The van der Waals surface area contributed by atoms with Gasteiger partial charge in [0.15, 0.2) is 0 Å². The highest BCUT2D eigenvalue weighted by Crippen LogP contribution is 2.35. The Morgan fingerprint density at radius 2 is 1.56 bits per heavy atom. The SMILES string of the molecule is COc1ccccc1N1CCN(CC(O)COCCOc2ccc(C(C)(C)C)cc2C(C)(C)C)CC1. The summed E-state index contributed by atoms with van der Waals surface area (Å²) < 4.78 is 17.4. The van der Waals surface area contributed by atoms with Crippen LogP contribution in [0.5, 0.6) is 11.5 Å². The fraction of sp³-hybridized carbons (Fsp3) is 0.600. The first-order valence-corrected chi connectivity index (χ1v) is 13.1. The molecular formula is C30H46N2O4. The maximum absolute atomic E-state index is 10.5. The molecule has 0 aromatic heterocycles. The molecule has 0 spiro atoms. The van der Waals surface area contributed by atoms with Gasteiger partial charge in [0.05, 0.1) is 32.1 Å². The number of aliphatic hydroxyl groups excluding tert-OH is 1. The number of benzene rings is 2. The van der Waals surface area contributed by atoms with Crippen LogP contribution in [-0.2, 0) is 15.6 Å². The summed E-state index contributed by atoms with van der Waals surface area (Å²) in [7, 11) is 1.71. The lowest BCUT2D eigenvalue weighted by Crippen LogP contribution is -2.49. The molecule has 1 atom stereocenters. The smallest absolute Gasteiger partial charge is 0.142 e. The molecule has 6 heteroatoms. The van der Waals surface area contributed by atoms with E-state index in [1.54, 1.807) is 7.11 Å². The van der Waals surface area contributed by atoms with E-state index in [4.69, 9.17) is 14.2 Å². The number of β-amino-alcohol motifs (C(OH)–C–C–N with tert-alkyl or cyclic N) is 1. The van der Waals surface area contributed by atoms with Crippen molar-refractivity contribution < 1.29 is 19.3 Å². The van der Waals surface area contributed by atoms with Gasteiger partial charge in [-0.25, -0.2) is 0 Å². The molecule has 3 rings (SSSR count). The minimum atomic E-state index is -0.515. The van der Waals surface area contributed by atoms with Crippen molar-refractivity contribution in [3.63, 3.8) is 0 Å². The number of para-hydroxylation sites is 2. The van der Waals surface area contributed by atoms with Gasteiger partial charge in [-0.1, -0.05) is 65.8 Å². The monoisotopic (exact) mass is 498 g/mol. The minimum Gasteiger partial charge on any atom is -0.495 e. The van der Waals surface area contributed by atoms with Crippen molar-refractivity contribution in [1.29, 1.82) is 0 Å². The quantitative estimate of drug-likeness (QED) is 0.472. The number of hydrogen-bond acceptors (Lipinski definition) is 6. The normalized spacial score (nSPS) is 16.2. The van der Waals surface area contributed by atoms with Crippen molar-refractivity contribution >= 4 is 5.69 Å². The van der Waals surface area contributed by atoms with Crippen molar-refractivity contribution in [2.75, 3.05) is 64.6 Å². The standard InChI is InChI=1S/C30H46N2O4/c1-29(2,3)23-12-13-27(25(20-23)30(4,5)6)36-19-18-35-22-24(33)21-31-14-16-32(17-15-31)26-10-8-9-11-28(26)34-7/h8-13,20,24,33H,14-19,21-22H2,1-7H3. The third-order valence-corrected chi connectivity index (χ3v) is 6.72. The predicted octanol–water partition coefficient (Wildman–Crippen LogP) is 4.87. The van der Waals surface area contributed by atoms with E-state index in [1.807, 2.05) is 18.2 Å². The molecule has 1 fully saturated rings. The van der Waals surface area contributed by atoms with E-state index in [0.29, 0.717) is 26.4 Å². The molecule has 0 radical (unpaired) electrons. The highest BCUT2D eigenvalue weighted by Gasteiger charge is 2.24. The molecule has 1 saturated heterocycles. The van der Waals surface area contributed by atoms with E-state index in [1.165, 1.54) is 11.1 Å². The Kier molecular flexibility index (Phi) is 9.67. The molecule has 0 bridgehead atoms. The van der Waals surface area contributed by atoms with E-state index in [-0.39, 0.29) is 10.8 Å². The maximum atomic E-state index is 10.5. The summed E-state index contributed by atoms with van der Waals surface area (Å²) in [5.41, 5.74) is 3.73. The molecule has 1 aliphatic heterocycles. The molecule has 0 saturated carbocycles. The van der Waals surface area contributed by atoms with Crippen molar-refractivity contribution in [1.82, 2.24) is 4.90 Å². The van der Waals surface area contributed by atoms with Gasteiger partial charge in [0, 0.05) is 32.7 Å². The zero-order chi connectivity index (χ0) is 26.3. The summed E-state index contributed by atoms with van der Waals surface area (Å²) in [4.78, 5) is 4.64. The number of aliphatic hydroxyl groups is 1. The average Bonchev–Trinajstić information content (AvgIpc) is 2.83. The van der Waals surface area contributed by atoms with Gasteiger partial charge in [-0.05, 0) is 40.2 Å². The molecule has 1 heterocycles. The van der Waals surface area contributed by atoms with Crippen LogP contribution in [0.4, 0.5) is 5.69 Å². The predicted molar refractivity (Wildman–Crippen MR) is 148 cm³/mol. The number of rotatable bonds is 10. The number of methoxy groups -OCH3 is 1. The zero-order valence-electron chi connectivity index (χ0n) is 23.3. The molecule has 36 heavy (non-hydrogen) atoms. The molecule has 2 aromatic carbocycles. The van der Waals surface area contributed by atoms with Crippen LogP contribution in [0.15, 0.2) is 42.5 Å². The first-order chi connectivity index (χ1) is 17.0. The second-order valence-corrected chi connectivity index (χ2v) is 11.7. The molecule has 200 valence electrons. The molecule has 6 nitrogen and oxygen atoms in total. The van der Waals surface area contributed by atoms with E-state index in [0.717, 1.165) is 43.4 Å². The zero-order valence-corrected chi connectivity index (χ0v) is 23.3. The van der Waals surface area contributed by atoms with Crippen LogP contribution < -0.4 is 14.4 Å². The summed E-state index contributed by atoms with van der Waals surface area (Å²) in [6.07, 6.45) is -0.515. The second kappa shape index (κ2) is 12.3. The first kappa shape index (κ1) is 28.3. The van der Waals surface area contributed by atoms with Crippen LogP contribution >= 0.6 is 0 Å². The van der Waals surface area contributed by atoms with Gasteiger partial charge in [0.1, 0.15) is 18.1 Å². The highest BCUT2D eigenvalue weighted by molar-refractivity contribution is 5.58. The highest BCUT2D eigenvalue weighted by atomic mass is 16.5. The topological polar surface area (TPSA) is 54.4 Å². The number of nitrogens with zero attached hydrogens (tertiary/aromatic N) is 2. The van der Waals surface area contributed by atoms with Crippen LogP contribution in [0.3, 0.4) is 0 Å². The fourth-order valence-electron chi connectivity index (χ4n) is 4.55. The summed E-state index contributed by atoms with van der Waals surface area (Å²) >= 11 is 0. The van der Waals surface area contributed by atoms with Crippen molar-refractivity contribution in [3.05, 3.63) is 53.6 Å². The third-order valence-electron chi connectivity index (χ3n) is 6.72. The minimum absolute atomic E-state index is 0.0106. The maximum Gasteiger partial charge on any atom is 0.142 e. The Hall–Kier alpha value is -2.28. The van der Waals surface area contributed by atoms with Crippen molar-refractivity contribution in [2.24, 2.45) is 0 Å². The van der Waals surface area contributed by atoms with Crippen LogP contribution in [0.2, 0.25) is 0 Å². The van der Waals surface area contributed by atoms with Gasteiger partial charge in [-0.3, -0.25) is 4.90 Å². The number of ether oxygens (including phenoxy) is 3. The van der Waals surface area contributed by atoms with Crippen LogP contribution in [0.25, 0.3) is 0 Å². The average molecular weight is 499 g/mol. The van der Waals surface area contributed by atoms with Crippen LogP contribution in [-0.4, -0.2) is 75.8 Å². The van der Waals surface area contributed by atoms with Gasteiger partial charge < -0.3 is 24.2 Å². The van der Waals surface area contributed by atoms with Crippen LogP contribution in [0.1, 0.15) is 52.7 Å². The molecule has 0 amide bonds.